The highest BCUT2D eigenvalue weighted by atomic mass is 32.1. The van der Waals surface area contributed by atoms with Crippen LogP contribution in [0.3, 0.4) is 0 Å². The number of hydrogen-bond donors (Lipinski definition) is 1. The largest absolute Gasteiger partial charge is 0.416 e. The van der Waals surface area contributed by atoms with Crippen molar-refractivity contribution in [2.75, 3.05) is 0 Å². The molecule has 0 saturated carbocycles. The van der Waals surface area contributed by atoms with Gasteiger partial charge in [0.1, 0.15) is 6.26 Å². The molecule has 0 amide bonds. The lowest BCUT2D eigenvalue weighted by atomic mass is 10.3. The van der Waals surface area contributed by atoms with E-state index >= 15 is 0 Å². The summed E-state index contributed by atoms with van der Waals surface area (Å²) in [5, 5.41) is 3.89. The van der Waals surface area contributed by atoms with Crippen LogP contribution in [0.1, 0.15) is 0 Å². The van der Waals surface area contributed by atoms with Gasteiger partial charge < -0.3 is 4.42 Å². The first-order chi connectivity index (χ1) is 5.36. The molecule has 0 radical (unpaired) electrons. The number of hydrogen-bond acceptors (Lipinski definition) is 3. The van der Waals surface area contributed by atoms with E-state index in [1.165, 1.54) is 6.26 Å². The molecule has 3 nitrogen and oxygen atoms in total. The molecule has 0 bridgehead atoms. The molecule has 2 rings (SSSR count). The summed E-state index contributed by atoms with van der Waals surface area (Å²) >= 11 is 1.58. The fourth-order valence-corrected chi connectivity index (χ4v) is 1.50. The quantitative estimate of drug-likeness (QED) is 0.702. The third-order valence-electron chi connectivity index (χ3n) is 1.35. The SMILES string of the molecule is O=c1[nH]c(-c2ccsc2)co1. The maximum atomic E-state index is 10.6. The number of nitrogens with one attached hydrogen (secondary N) is 1. The predicted molar refractivity (Wildman–Crippen MR) is 42.6 cm³/mol. The Morgan fingerprint density at radius 1 is 1.55 bits per heavy atom. The topological polar surface area (TPSA) is 46.0 Å². The average molecular weight is 167 g/mol. The molecular formula is C7H5NO2S. The van der Waals surface area contributed by atoms with E-state index in [9.17, 15) is 4.79 Å². The Balaban J connectivity index is 2.53. The third-order valence-corrected chi connectivity index (χ3v) is 2.04. The smallest absolute Gasteiger partial charge is 0.416 e. The van der Waals surface area contributed by atoms with Crippen molar-refractivity contribution in [3.05, 3.63) is 33.6 Å². The lowest BCUT2D eigenvalue weighted by Crippen LogP contribution is -1.94. The average Bonchev–Trinajstić information content (AvgIpc) is 2.55. The number of H-pyrrole nitrogens is 1. The van der Waals surface area contributed by atoms with E-state index < -0.39 is 5.76 Å². The Kier molecular flexibility index (Phi) is 1.40. The lowest BCUT2D eigenvalue weighted by molar-refractivity contribution is 0.515. The zero-order valence-electron chi connectivity index (χ0n) is 5.53. The van der Waals surface area contributed by atoms with Gasteiger partial charge in [-0.05, 0) is 11.4 Å². The van der Waals surface area contributed by atoms with E-state index in [1.54, 1.807) is 11.3 Å². The number of aromatic nitrogens is 1. The van der Waals surface area contributed by atoms with E-state index in [2.05, 4.69) is 9.40 Å². The molecule has 11 heavy (non-hydrogen) atoms. The molecule has 56 valence electrons. The summed E-state index contributed by atoms with van der Waals surface area (Å²) in [5.74, 6) is -0.411. The van der Waals surface area contributed by atoms with Crippen molar-refractivity contribution in [3.8, 4) is 11.3 Å². The fourth-order valence-electron chi connectivity index (χ4n) is 0.839. The molecule has 0 aliphatic heterocycles. The van der Waals surface area contributed by atoms with Crippen LogP contribution in [-0.4, -0.2) is 4.98 Å². The van der Waals surface area contributed by atoms with Crippen LogP contribution in [0.5, 0.6) is 0 Å². The molecular weight excluding hydrogens is 162 g/mol. The first-order valence-electron chi connectivity index (χ1n) is 3.06. The Hall–Kier alpha value is -1.29. The van der Waals surface area contributed by atoms with Crippen molar-refractivity contribution in [1.29, 1.82) is 0 Å². The van der Waals surface area contributed by atoms with Gasteiger partial charge in [-0.15, -0.1) is 0 Å². The highest BCUT2D eigenvalue weighted by Gasteiger charge is 2.00. The summed E-state index contributed by atoms with van der Waals surface area (Å²) in [7, 11) is 0. The van der Waals surface area contributed by atoms with Gasteiger partial charge in [-0.25, -0.2) is 4.79 Å². The zero-order chi connectivity index (χ0) is 7.68. The molecule has 0 aliphatic carbocycles. The minimum Gasteiger partial charge on any atom is -0.416 e. The van der Waals surface area contributed by atoms with Crippen molar-refractivity contribution in [2.24, 2.45) is 0 Å². The maximum absolute atomic E-state index is 10.6. The summed E-state index contributed by atoms with van der Waals surface area (Å²) < 4.78 is 4.58. The van der Waals surface area contributed by atoms with Crippen LogP contribution in [0.2, 0.25) is 0 Å². The van der Waals surface area contributed by atoms with Crippen molar-refractivity contribution >= 4 is 11.3 Å². The van der Waals surface area contributed by atoms with Crippen LogP contribution in [0.4, 0.5) is 0 Å². The highest BCUT2D eigenvalue weighted by Crippen LogP contribution is 2.17. The van der Waals surface area contributed by atoms with Crippen molar-refractivity contribution in [3.63, 3.8) is 0 Å². The van der Waals surface area contributed by atoms with Gasteiger partial charge in [0, 0.05) is 10.9 Å². The monoisotopic (exact) mass is 167 g/mol. The molecule has 1 N–H and O–H groups in total. The Morgan fingerprint density at radius 3 is 3.00 bits per heavy atom. The van der Waals surface area contributed by atoms with Crippen LogP contribution in [0, 0.1) is 0 Å². The second-order valence-corrected chi connectivity index (χ2v) is 2.85. The van der Waals surface area contributed by atoms with Gasteiger partial charge in [0.2, 0.25) is 0 Å². The van der Waals surface area contributed by atoms with Crippen molar-refractivity contribution in [1.82, 2.24) is 4.98 Å². The van der Waals surface area contributed by atoms with E-state index in [-0.39, 0.29) is 0 Å². The Morgan fingerprint density at radius 2 is 2.45 bits per heavy atom. The fraction of sp³-hybridized carbons (Fsp3) is 0. The lowest BCUT2D eigenvalue weighted by Gasteiger charge is -1.83. The molecule has 2 aromatic heterocycles. The molecule has 4 heteroatoms. The maximum Gasteiger partial charge on any atom is 0.416 e. The third kappa shape index (κ3) is 1.12. The van der Waals surface area contributed by atoms with E-state index in [0.29, 0.717) is 0 Å². The number of oxazole rings is 1. The molecule has 0 aromatic carbocycles. The van der Waals surface area contributed by atoms with E-state index in [1.807, 2.05) is 16.8 Å². The second-order valence-electron chi connectivity index (χ2n) is 2.07. The predicted octanol–water partition coefficient (Wildman–Crippen LogP) is 1.70. The van der Waals surface area contributed by atoms with E-state index in [0.717, 1.165) is 11.3 Å². The minimum absolute atomic E-state index is 0.411. The van der Waals surface area contributed by atoms with Crippen LogP contribution >= 0.6 is 11.3 Å². The summed E-state index contributed by atoms with van der Waals surface area (Å²) in [6, 6.07) is 1.92. The highest BCUT2D eigenvalue weighted by molar-refractivity contribution is 7.08. The zero-order valence-corrected chi connectivity index (χ0v) is 6.35. The summed E-state index contributed by atoms with van der Waals surface area (Å²) in [5.41, 5.74) is 1.72. The van der Waals surface area contributed by atoms with Gasteiger partial charge in [-0.3, -0.25) is 4.98 Å². The standard InChI is InChI=1S/C7H5NO2S/c9-7-8-6(3-10-7)5-1-2-11-4-5/h1-4H,(H,8,9). The number of rotatable bonds is 1. The van der Waals surface area contributed by atoms with Crippen LogP contribution < -0.4 is 5.76 Å². The van der Waals surface area contributed by atoms with Gasteiger partial charge >= 0.3 is 5.76 Å². The summed E-state index contributed by atoms with van der Waals surface area (Å²) in [6.45, 7) is 0. The Labute approximate surface area is 66.3 Å². The van der Waals surface area contributed by atoms with Crippen LogP contribution in [-0.2, 0) is 0 Å². The van der Waals surface area contributed by atoms with Crippen molar-refractivity contribution in [2.45, 2.75) is 0 Å². The normalized spacial score (nSPS) is 10.2. The molecule has 0 unspecified atom stereocenters. The molecule has 0 atom stereocenters. The Bertz CT molecular complexity index is 384. The van der Waals surface area contributed by atoms with Gasteiger partial charge in [0.05, 0.1) is 5.69 Å². The first kappa shape index (κ1) is 6.42. The van der Waals surface area contributed by atoms with E-state index in [4.69, 9.17) is 0 Å². The van der Waals surface area contributed by atoms with Crippen LogP contribution in [0.15, 0.2) is 32.3 Å². The molecule has 0 aliphatic rings. The van der Waals surface area contributed by atoms with Gasteiger partial charge in [0.25, 0.3) is 0 Å². The van der Waals surface area contributed by atoms with Gasteiger partial charge in [-0.2, -0.15) is 11.3 Å². The molecule has 2 aromatic rings. The van der Waals surface area contributed by atoms with Crippen molar-refractivity contribution < 1.29 is 4.42 Å². The second kappa shape index (κ2) is 2.39. The van der Waals surface area contributed by atoms with Gasteiger partial charge in [0.15, 0.2) is 0 Å². The number of thiophene rings is 1. The molecule has 0 saturated heterocycles. The number of aromatic amines is 1. The molecule has 2 heterocycles. The van der Waals surface area contributed by atoms with Crippen LogP contribution in [0.25, 0.3) is 11.3 Å². The molecule has 0 fully saturated rings. The first-order valence-corrected chi connectivity index (χ1v) is 4.01. The molecule has 0 spiro atoms. The van der Waals surface area contributed by atoms with Gasteiger partial charge in [-0.1, -0.05) is 0 Å². The summed E-state index contributed by atoms with van der Waals surface area (Å²) in [4.78, 5) is 13.1. The summed E-state index contributed by atoms with van der Waals surface area (Å²) in [6.07, 6.45) is 1.42. The minimum atomic E-state index is -0.411.